The number of carbonyl (C=O) groups excluding carboxylic acids is 1. The molecule has 0 saturated heterocycles. The maximum atomic E-state index is 12.8. The molecule has 1 heterocycles. The lowest BCUT2D eigenvalue weighted by Gasteiger charge is -2.10. The number of anilines is 1. The fourth-order valence-electron chi connectivity index (χ4n) is 3.68. The van der Waals surface area contributed by atoms with E-state index < -0.39 is 15.9 Å². The van der Waals surface area contributed by atoms with Gasteiger partial charge in [0, 0.05) is 33.2 Å². The Morgan fingerprint density at radius 3 is 2.39 bits per heavy atom. The zero-order valence-corrected chi connectivity index (χ0v) is 21.7. The van der Waals surface area contributed by atoms with Crippen LogP contribution in [0, 0.1) is 13.8 Å². The molecule has 0 spiro atoms. The normalized spacial score (nSPS) is 11.6. The van der Waals surface area contributed by atoms with Gasteiger partial charge in [0.1, 0.15) is 0 Å². The molecule has 0 bridgehead atoms. The second-order valence-electron chi connectivity index (χ2n) is 7.95. The number of rotatable bonds is 7. The summed E-state index contributed by atoms with van der Waals surface area (Å²) in [4.78, 5) is 12.6. The van der Waals surface area contributed by atoms with Crippen LogP contribution in [0.5, 0.6) is 0 Å². The molecule has 10 heteroatoms. The van der Waals surface area contributed by atoms with Crippen molar-refractivity contribution in [3.8, 4) is 5.69 Å². The Labute approximate surface area is 219 Å². The van der Waals surface area contributed by atoms with Crippen LogP contribution in [0.3, 0.4) is 0 Å². The van der Waals surface area contributed by atoms with E-state index in [4.69, 9.17) is 23.2 Å². The molecule has 4 rings (SSSR count). The molecule has 4 aromatic rings. The molecule has 0 aliphatic carbocycles. The number of halogens is 2. The largest absolute Gasteiger partial charge is 0.318 e. The second kappa shape index (κ2) is 10.6. The molecule has 0 aliphatic rings. The summed E-state index contributed by atoms with van der Waals surface area (Å²) in [6.45, 7) is 3.92. The van der Waals surface area contributed by atoms with E-state index in [1.165, 1.54) is 24.3 Å². The SMILES string of the molecule is Cc1cc(C=NNC(=O)c2cccc(S(=O)(=O)Nc3ccccc3Cl)c2)c(C)n1-c1ccc(Cl)cc1. The van der Waals surface area contributed by atoms with Gasteiger partial charge in [0.25, 0.3) is 15.9 Å². The van der Waals surface area contributed by atoms with Crippen LogP contribution in [0.2, 0.25) is 10.0 Å². The van der Waals surface area contributed by atoms with E-state index in [9.17, 15) is 13.2 Å². The number of aryl methyl sites for hydroxylation is 1. The van der Waals surface area contributed by atoms with Gasteiger partial charge in [-0.25, -0.2) is 13.8 Å². The lowest BCUT2D eigenvalue weighted by atomic mass is 10.2. The van der Waals surface area contributed by atoms with Crippen LogP contribution in [-0.2, 0) is 10.0 Å². The van der Waals surface area contributed by atoms with E-state index in [-0.39, 0.29) is 21.2 Å². The number of amides is 1. The van der Waals surface area contributed by atoms with Crippen molar-refractivity contribution >= 4 is 51.0 Å². The van der Waals surface area contributed by atoms with E-state index in [1.807, 2.05) is 44.2 Å². The highest BCUT2D eigenvalue weighted by Gasteiger charge is 2.18. The van der Waals surface area contributed by atoms with E-state index in [1.54, 1.807) is 30.5 Å². The van der Waals surface area contributed by atoms with Crippen molar-refractivity contribution in [1.82, 2.24) is 9.99 Å². The Kier molecular flexibility index (Phi) is 7.49. The monoisotopic (exact) mass is 540 g/mol. The van der Waals surface area contributed by atoms with Crippen molar-refractivity contribution in [2.24, 2.45) is 5.10 Å². The first-order valence-corrected chi connectivity index (χ1v) is 13.1. The summed E-state index contributed by atoms with van der Waals surface area (Å²) >= 11 is 12.1. The summed E-state index contributed by atoms with van der Waals surface area (Å²) in [6.07, 6.45) is 1.55. The number of hydrogen-bond donors (Lipinski definition) is 2. The third kappa shape index (κ3) is 5.62. The van der Waals surface area contributed by atoms with Crippen molar-refractivity contribution in [3.05, 3.63) is 111 Å². The first kappa shape index (κ1) is 25.5. The molecule has 3 aromatic carbocycles. The average Bonchev–Trinajstić information content (AvgIpc) is 3.14. The Morgan fingerprint density at radius 1 is 0.944 bits per heavy atom. The maximum Gasteiger partial charge on any atom is 0.271 e. The molecule has 0 atom stereocenters. The van der Waals surface area contributed by atoms with Gasteiger partial charge < -0.3 is 4.57 Å². The van der Waals surface area contributed by atoms with Gasteiger partial charge in [0.2, 0.25) is 0 Å². The van der Waals surface area contributed by atoms with Crippen molar-refractivity contribution in [2.75, 3.05) is 4.72 Å². The van der Waals surface area contributed by atoms with Crippen LogP contribution in [0.1, 0.15) is 27.3 Å². The number of aromatic nitrogens is 1. The molecule has 0 saturated carbocycles. The first-order valence-electron chi connectivity index (χ1n) is 10.8. The Balaban J connectivity index is 1.49. The minimum atomic E-state index is -3.96. The predicted octanol–water partition coefficient (Wildman–Crippen LogP) is 5.97. The van der Waals surface area contributed by atoms with Gasteiger partial charge in [-0.15, -0.1) is 0 Å². The number of para-hydroxylation sites is 1. The van der Waals surface area contributed by atoms with Crippen LogP contribution < -0.4 is 10.1 Å². The summed E-state index contributed by atoms with van der Waals surface area (Å²) in [5.74, 6) is -0.549. The molecule has 1 amide bonds. The summed E-state index contributed by atoms with van der Waals surface area (Å²) in [6, 6.07) is 21.6. The second-order valence-corrected chi connectivity index (χ2v) is 10.5. The van der Waals surface area contributed by atoms with Gasteiger partial charge in [-0.2, -0.15) is 5.10 Å². The van der Waals surface area contributed by atoms with Gasteiger partial charge >= 0.3 is 0 Å². The van der Waals surface area contributed by atoms with Crippen LogP contribution in [0.25, 0.3) is 5.69 Å². The molecule has 184 valence electrons. The van der Waals surface area contributed by atoms with E-state index >= 15 is 0 Å². The minimum absolute atomic E-state index is 0.0782. The molecule has 0 aliphatic heterocycles. The quantitative estimate of drug-likeness (QED) is 0.223. The fraction of sp³-hybridized carbons (Fsp3) is 0.0769. The van der Waals surface area contributed by atoms with E-state index in [0.717, 1.165) is 22.6 Å². The smallest absolute Gasteiger partial charge is 0.271 e. The number of hydrazone groups is 1. The number of hydrogen-bond acceptors (Lipinski definition) is 4. The zero-order valence-electron chi connectivity index (χ0n) is 19.4. The van der Waals surface area contributed by atoms with Gasteiger partial charge in [0.05, 0.1) is 21.8 Å². The number of benzene rings is 3. The molecular weight excluding hydrogens is 519 g/mol. The van der Waals surface area contributed by atoms with Crippen molar-refractivity contribution < 1.29 is 13.2 Å². The van der Waals surface area contributed by atoms with Crippen LogP contribution in [-0.4, -0.2) is 25.1 Å². The van der Waals surface area contributed by atoms with Gasteiger partial charge in [0.15, 0.2) is 0 Å². The van der Waals surface area contributed by atoms with E-state index in [0.29, 0.717) is 5.02 Å². The molecular formula is C26H22Cl2N4O3S. The van der Waals surface area contributed by atoms with Gasteiger partial charge in [-0.1, -0.05) is 41.4 Å². The third-order valence-corrected chi connectivity index (χ3v) is 7.39. The molecule has 0 radical (unpaired) electrons. The Hall–Kier alpha value is -3.59. The van der Waals surface area contributed by atoms with Crippen molar-refractivity contribution in [2.45, 2.75) is 18.7 Å². The van der Waals surface area contributed by atoms with Crippen molar-refractivity contribution in [1.29, 1.82) is 0 Å². The van der Waals surface area contributed by atoms with Gasteiger partial charge in [-0.05, 0) is 74.5 Å². The fourth-order valence-corrected chi connectivity index (χ4v) is 5.17. The van der Waals surface area contributed by atoms with Gasteiger partial charge in [-0.3, -0.25) is 9.52 Å². The highest BCUT2D eigenvalue weighted by molar-refractivity contribution is 7.92. The standard InChI is InChI=1S/C26H22Cl2N4O3S/c1-17-14-20(18(2)32(17)22-12-10-21(27)11-13-22)16-29-30-26(33)19-6-5-7-23(15-19)36(34,35)31-25-9-4-3-8-24(25)28/h3-16,31H,1-2H3,(H,30,33). The summed E-state index contributed by atoms with van der Waals surface area (Å²) in [7, 11) is -3.96. The molecule has 36 heavy (non-hydrogen) atoms. The van der Waals surface area contributed by atoms with Crippen molar-refractivity contribution in [3.63, 3.8) is 0 Å². The minimum Gasteiger partial charge on any atom is -0.318 e. The molecule has 0 fully saturated rings. The predicted molar refractivity (Wildman–Crippen MR) is 144 cm³/mol. The summed E-state index contributed by atoms with van der Waals surface area (Å²) < 4.78 is 30.1. The average molecular weight is 541 g/mol. The van der Waals surface area contributed by atoms with Crippen LogP contribution in [0.4, 0.5) is 5.69 Å². The zero-order chi connectivity index (χ0) is 25.9. The number of sulfonamides is 1. The maximum absolute atomic E-state index is 12.8. The number of nitrogens with zero attached hydrogens (tertiary/aromatic N) is 2. The Bertz CT molecular complexity index is 1560. The topological polar surface area (TPSA) is 92.6 Å². The Morgan fingerprint density at radius 2 is 1.67 bits per heavy atom. The van der Waals surface area contributed by atoms with Crippen LogP contribution >= 0.6 is 23.2 Å². The molecule has 7 nitrogen and oxygen atoms in total. The molecule has 0 unspecified atom stereocenters. The number of nitrogens with one attached hydrogen (secondary N) is 2. The lowest BCUT2D eigenvalue weighted by Crippen LogP contribution is -2.19. The highest BCUT2D eigenvalue weighted by atomic mass is 35.5. The summed E-state index contributed by atoms with van der Waals surface area (Å²) in [5, 5.41) is 4.99. The molecule has 2 N–H and O–H groups in total. The molecule has 1 aromatic heterocycles. The first-order chi connectivity index (χ1) is 17.2. The van der Waals surface area contributed by atoms with E-state index in [2.05, 4.69) is 19.8 Å². The third-order valence-electron chi connectivity index (χ3n) is 5.45. The van der Waals surface area contributed by atoms with Crippen LogP contribution in [0.15, 0.2) is 88.9 Å². The summed E-state index contributed by atoms with van der Waals surface area (Å²) in [5.41, 5.74) is 6.55. The number of carbonyl (C=O) groups is 1. The highest BCUT2D eigenvalue weighted by Crippen LogP contribution is 2.24. The lowest BCUT2D eigenvalue weighted by molar-refractivity contribution is 0.0955.